The lowest BCUT2D eigenvalue weighted by Gasteiger charge is -1.91. The highest BCUT2D eigenvalue weighted by Crippen LogP contribution is 1.65. The molecule has 0 bridgehead atoms. The van der Waals surface area contributed by atoms with Gasteiger partial charge in [-0.05, 0) is 19.4 Å². The minimum absolute atomic E-state index is 1.29. The Hall–Kier alpha value is -0.0400. The molecule has 0 amide bonds. The van der Waals surface area contributed by atoms with Crippen molar-refractivity contribution < 1.29 is 16.4 Å². The summed E-state index contributed by atoms with van der Waals surface area (Å²) in [7, 11) is 0. The lowest BCUT2D eigenvalue weighted by atomic mass is 10.5. The summed E-state index contributed by atoms with van der Waals surface area (Å²) in [5, 5.41) is 1.29. The molecule has 1 N–H and O–H groups in total. The molecule has 1 nitrogen and oxygen atoms in total. The van der Waals surface area contributed by atoms with E-state index in [9.17, 15) is 0 Å². The van der Waals surface area contributed by atoms with Crippen LogP contribution in [-0.4, -0.2) is 13.0 Å². The van der Waals surface area contributed by atoms with Crippen molar-refractivity contribution in [2.24, 2.45) is 0 Å². The van der Waals surface area contributed by atoms with Crippen LogP contribution in [0, 0.1) is 0 Å². The van der Waals surface area contributed by atoms with E-state index in [0.29, 0.717) is 0 Å². The molecule has 0 unspecified atom stereocenters. The van der Waals surface area contributed by atoms with E-state index in [-0.39, 0.29) is 0 Å². The summed E-state index contributed by atoms with van der Waals surface area (Å²) < 4.78 is 84.2. The monoisotopic (exact) mass is 99.2 g/mol. The molecule has 0 aromatic rings. The highest BCUT2D eigenvalue weighted by atomic mass is 14.8. The van der Waals surface area contributed by atoms with Gasteiger partial charge < -0.3 is 5.32 Å². The highest BCUT2D eigenvalue weighted by Gasteiger charge is 1.71. The van der Waals surface area contributed by atoms with Crippen LogP contribution in [0.25, 0.3) is 0 Å². The smallest absolute Gasteiger partial charge is 0.0428 e. The summed E-state index contributed by atoms with van der Waals surface area (Å²) in [6.07, 6.45) is -3.46. The maximum absolute atomic E-state index is 7.25. The topological polar surface area (TPSA) is 12.0 Å². The lowest BCUT2D eigenvalue weighted by molar-refractivity contribution is 0.703. The van der Waals surface area contributed by atoms with E-state index in [1.807, 2.05) is 0 Å². The highest BCUT2D eigenvalue weighted by molar-refractivity contribution is 4.35. The summed E-state index contributed by atoms with van der Waals surface area (Å²) in [6, 6.07) is 0. The molecule has 0 aliphatic rings. The summed E-state index contributed by atoms with van der Waals surface area (Å²) in [5.74, 6) is 0. The SMILES string of the molecule is [2H]C([2H])([2H])C([2H])([2H])NC([2H])([2H])C([2H])([2H])C([2H])([2H])[2H]. The van der Waals surface area contributed by atoms with Gasteiger partial charge in [0.1, 0.15) is 0 Å². The Morgan fingerprint density at radius 1 is 1.83 bits per heavy atom. The van der Waals surface area contributed by atoms with Gasteiger partial charge >= 0.3 is 0 Å². The van der Waals surface area contributed by atoms with Crippen molar-refractivity contribution in [1.29, 1.82) is 0 Å². The van der Waals surface area contributed by atoms with Gasteiger partial charge in [-0.1, -0.05) is 13.7 Å². The fourth-order valence-corrected chi connectivity index (χ4v) is 0.0625. The second-order valence-corrected chi connectivity index (χ2v) is 0.500. The van der Waals surface area contributed by atoms with E-state index in [1.165, 1.54) is 5.32 Å². The fraction of sp³-hybridized carbons (Fsp3) is 1.00. The molecule has 6 heavy (non-hydrogen) atoms. The van der Waals surface area contributed by atoms with Crippen LogP contribution in [0.4, 0.5) is 0 Å². The van der Waals surface area contributed by atoms with Gasteiger partial charge in [0.15, 0.2) is 0 Å². The van der Waals surface area contributed by atoms with Crippen LogP contribution in [0.5, 0.6) is 0 Å². The summed E-state index contributed by atoms with van der Waals surface area (Å²) in [6.45, 7) is -13.3. The molecule has 1 heteroatoms. The van der Waals surface area contributed by atoms with Crippen LogP contribution in [0.15, 0.2) is 0 Å². The van der Waals surface area contributed by atoms with Crippen LogP contribution in [0.3, 0.4) is 0 Å². The second kappa shape index (κ2) is 4.96. The Morgan fingerprint density at radius 2 is 2.83 bits per heavy atom. The van der Waals surface area contributed by atoms with E-state index >= 15 is 0 Å². The fourth-order valence-electron chi connectivity index (χ4n) is 0.0625. The first-order valence-corrected chi connectivity index (χ1v) is 1.25. The maximum atomic E-state index is 7.25. The van der Waals surface area contributed by atoms with Gasteiger partial charge in [0.25, 0.3) is 0 Å². The van der Waals surface area contributed by atoms with Crippen molar-refractivity contribution in [3.05, 3.63) is 0 Å². The Morgan fingerprint density at radius 3 is 3.50 bits per heavy atom. The van der Waals surface area contributed by atoms with E-state index in [0.717, 1.165) is 0 Å². The first-order chi connectivity index (χ1) is 7.46. The Balaban J connectivity index is 5.33. The molecule has 0 aromatic heterocycles. The van der Waals surface area contributed by atoms with Crippen molar-refractivity contribution in [3.63, 3.8) is 0 Å². The van der Waals surface area contributed by atoms with Crippen molar-refractivity contribution in [3.8, 4) is 0 Å². The third kappa shape index (κ3) is 3.96. The number of hydrogen-bond acceptors (Lipinski definition) is 1. The Kier molecular flexibility index (Phi) is 0.421. The average Bonchev–Trinajstić information content (AvgIpc) is 1.96. The van der Waals surface area contributed by atoms with Crippen LogP contribution in [0.2, 0.25) is 0 Å². The molecule has 0 spiro atoms. The van der Waals surface area contributed by atoms with Crippen LogP contribution in [-0.2, 0) is 0 Å². The minimum Gasteiger partial charge on any atom is -0.317 e. The predicted molar refractivity (Wildman–Crippen MR) is 28.8 cm³/mol. The number of hydrogen-bond donors (Lipinski definition) is 1. The van der Waals surface area contributed by atoms with Crippen molar-refractivity contribution >= 4 is 0 Å². The molecule has 0 rings (SSSR count). The average molecular weight is 99.2 g/mol. The maximum Gasteiger partial charge on any atom is 0.0428 e. The first kappa shape index (κ1) is 0.510. The van der Waals surface area contributed by atoms with Gasteiger partial charge in [0.05, 0.1) is 0 Å². The number of nitrogens with one attached hydrogen (secondary N) is 1. The molecule has 0 saturated heterocycles. The molecule has 0 saturated carbocycles. The van der Waals surface area contributed by atoms with E-state index in [1.54, 1.807) is 0 Å². The summed E-state index contributed by atoms with van der Waals surface area (Å²) in [5.41, 5.74) is 0. The molecule has 0 aliphatic heterocycles. The molecular formula is C5H13N. The van der Waals surface area contributed by atoms with Gasteiger partial charge in [-0.2, -0.15) is 0 Å². The lowest BCUT2D eigenvalue weighted by Crippen LogP contribution is -2.12. The molecule has 38 valence electrons. The predicted octanol–water partition coefficient (Wildman–Crippen LogP) is 1.01. The largest absolute Gasteiger partial charge is 0.317 e. The van der Waals surface area contributed by atoms with Gasteiger partial charge in [-0.3, -0.25) is 0 Å². The second-order valence-electron chi connectivity index (χ2n) is 0.500. The van der Waals surface area contributed by atoms with E-state index < -0.39 is 33.1 Å². The van der Waals surface area contributed by atoms with Crippen molar-refractivity contribution in [1.82, 2.24) is 5.32 Å². The van der Waals surface area contributed by atoms with Crippen molar-refractivity contribution in [2.45, 2.75) is 20.1 Å². The molecule has 0 aromatic carbocycles. The summed E-state index contributed by atoms with van der Waals surface area (Å²) >= 11 is 0. The van der Waals surface area contributed by atoms with Crippen LogP contribution in [0.1, 0.15) is 36.5 Å². The zero-order valence-electron chi connectivity index (χ0n) is 15.0. The third-order valence-electron chi connectivity index (χ3n) is 0.188. The molecule has 0 aliphatic carbocycles. The number of rotatable bonds is 3. The first-order valence-electron chi connectivity index (χ1n) is 7.25. The molecular weight excluding hydrogens is 74.1 g/mol. The van der Waals surface area contributed by atoms with Crippen LogP contribution < -0.4 is 5.32 Å². The third-order valence-corrected chi connectivity index (χ3v) is 0.188. The van der Waals surface area contributed by atoms with Crippen molar-refractivity contribution in [2.75, 3.05) is 13.0 Å². The Bertz CT molecular complexity index is 297. The quantitative estimate of drug-likeness (QED) is 0.556. The van der Waals surface area contributed by atoms with Crippen LogP contribution >= 0.6 is 0 Å². The zero-order valence-corrected chi connectivity index (χ0v) is 3.00. The van der Waals surface area contributed by atoms with E-state index in [4.69, 9.17) is 16.4 Å². The minimum atomic E-state index is -3.46. The van der Waals surface area contributed by atoms with Gasteiger partial charge in [-0.15, -0.1) is 0 Å². The van der Waals surface area contributed by atoms with Gasteiger partial charge in [0, 0.05) is 16.4 Å². The van der Waals surface area contributed by atoms with E-state index in [2.05, 4.69) is 0 Å². The standard InChI is InChI=1S/C5H13N/c1-3-5-6-4-2/h6H,3-5H2,1-2H3/i1D3,2D3,3D2,4D2,5D2. The molecule has 0 radical (unpaired) electrons. The molecule has 0 heterocycles. The zero-order chi connectivity index (χ0) is 15.2. The normalized spacial score (nSPS) is 50.0. The summed E-state index contributed by atoms with van der Waals surface area (Å²) in [4.78, 5) is 0. The molecule has 0 fully saturated rings. The van der Waals surface area contributed by atoms with Gasteiger partial charge in [0.2, 0.25) is 0 Å². The van der Waals surface area contributed by atoms with Gasteiger partial charge in [-0.25, -0.2) is 0 Å². The molecule has 0 atom stereocenters. The Labute approximate surface area is 56.6 Å².